The van der Waals surface area contributed by atoms with Gasteiger partial charge in [0.1, 0.15) is 34.3 Å². The molecular weight excluding hydrogens is 496 g/mol. The van der Waals surface area contributed by atoms with Crippen LogP contribution >= 0.6 is 0 Å². The van der Waals surface area contributed by atoms with E-state index in [9.17, 15) is 14.7 Å². The quantitative estimate of drug-likeness (QED) is 0.185. The minimum atomic E-state index is -0.910. The van der Waals surface area contributed by atoms with Crippen LogP contribution in [0.3, 0.4) is 0 Å². The van der Waals surface area contributed by atoms with Gasteiger partial charge < -0.3 is 24.2 Å². The number of rotatable bonds is 8. The van der Waals surface area contributed by atoms with E-state index in [0.717, 1.165) is 5.56 Å². The monoisotopic (exact) mass is 522 g/mol. The van der Waals surface area contributed by atoms with Crippen LogP contribution < -0.4 is 14.2 Å². The number of carbonyl (C=O) groups is 2. The van der Waals surface area contributed by atoms with Gasteiger partial charge in [0.25, 0.3) is 11.7 Å². The zero-order chi connectivity index (χ0) is 27.4. The van der Waals surface area contributed by atoms with Gasteiger partial charge in [-0.1, -0.05) is 36.4 Å². The lowest BCUT2D eigenvalue weighted by Crippen LogP contribution is -2.29. The molecule has 1 aliphatic rings. The standard InChI is InChI=1S/C31H26N2O6/c1-37-24-12-7-13-25(38-2)26(24)29(34)27-28(33(31(36)30(27)35)19-20-14-16-32-17-15-20)21-8-6-11-23(18-21)39-22-9-4-3-5-10-22/h3-18,28,34H,19H2,1-2H3/b29-27+. The number of amides is 1. The summed E-state index contributed by atoms with van der Waals surface area (Å²) in [6.07, 6.45) is 3.24. The molecular formula is C31H26N2O6. The van der Waals surface area contributed by atoms with Gasteiger partial charge in [0, 0.05) is 18.9 Å². The molecule has 0 saturated carbocycles. The number of hydrogen-bond donors (Lipinski definition) is 1. The number of pyridine rings is 1. The van der Waals surface area contributed by atoms with Crippen LogP contribution in [0.4, 0.5) is 0 Å². The molecule has 0 bridgehead atoms. The van der Waals surface area contributed by atoms with Gasteiger partial charge >= 0.3 is 0 Å². The fourth-order valence-electron chi connectivity index (χ4n) is 4.67. The molecule has 1 fully saturated rings. The first-order valence-electron chi connectivity index (χ1n) is 12.2. The van der Waals surface area contributed by atoms with E-state index in [1.807, 2.05) is 30.3 Å². The van der Waals surface area contributed by atoms with Crippen molar-refractivity contribution < 1.29 is 28.9 Å². The van der Waals surface area contributed by atoms with E-state index >= 15 is 0 Å². The minimum absolute atomic E-state index is 0.0753. The number of likely N-dealkylation sites (tertiary alicyclic amines) is 1. The van der Waals surface area contributed by atoms with Crippen molar-refractivity contribution in [2.45, 2.75) is 12.6 Å². The normalized spacial score (nSPS) is 16.3. The maximum Gasteiger partial charge on any atom is 0.295 e. The summed E-state index contributed by atoms with van der Waals surface area (Å²) in [6, 6.07) is 24.0. The summed E-state index contributed by atoms with van der Waals surface area (Å²) in [6.45, 7) is 0.126. The van der Waals surface area contributed by atoms with Gasteiger partial charge in [-0.3, -0.25) is 14.6 Å². The van der Waals surface area contributed by atoms with Gasteiger partial charge in [0.2, 0.25) is 0 Å². The Hall–Kier alpha value is -5.11. The number of aliphatic hydroxyl groups is 1. The number of aromatic nitrogens is 1. The first-order valence-corrected chi connectivity index (χ1v) is 12.2. The van der Waals surface area contributed by atoms with Crippen LogP contribution in [0.15, 0.2) is 103 Å². The van der Waals surface area contributed by atoms with Crippen molar-refractivity contribution in [3.05, 3.63) is 120 Å². The summed E-state index contributed by atoms with van der Waals surface area (Å²) in [5, 5.41) is 11.6. The highest BCUT2D eigenvalue weighted by Gasteiger charge is 2.46. The molecule has 1 aliphatic heterocycles. The largest absolute Gasteiger partial charge is 0.506 e. The second-order valence-corrected chi connectivity index (χ2v) is 8.81. The van der Waals surface area contributed by atoms with Crippen LogP contribution in [0.5, 0.6) is 23.0 Å². The number of para-hydroxylation sites is 1. The maximum atomic E-state index is 13.5. The number of Topliss-reactive ketones (excluding diaryl/α,β-unsaturated/α-hetero) is 1. The highest BCUT2D eigenvalue weighted by molar-refractivity contribution is 6.46. The van der Waals surface area contributed by atoms with Gasteiger partial charge in [-0.2, -0.15) is 0 Å². The Morgan fingerprint density at radius 3 is 2.15 bits per heavy atom. The Labute approximate surface area is 225 Å². The molecule has 1 amide bonds. The lowest BCUT2D eigenvalue weighted by Gasteiger charge is -2.26. The molecule has 196 valence electrons. The predicted molar refractivity (Wildman–Crippen MR) is 145 cm³/mol. The first-order chi connectivity index (χ1) is 19.0. The lowest BCUT2D eigenvalue weighted by molar-refractivity contribution is -0.140. The molecule has 0 aliphatic carbocycles. The van der Waals surface area contributed by atoms with Crippen molar-refractivity contribution in [2.75, 3.05) is 14.2 Å². The van der Waals surface area contributed by atoms with Crippen molar-refractivity contribution in [3.8, 4) is 23.0 Å². The highest BCUT2D eigenvalue weighted by Crippen LogP contribution is 2.44. The Balaban J connectivity index is 1.67. The van der Waals surface area contributed by atoms with E-state index in [1.54, 1.807) is 67.0 Å². The number of hydrogen-bond acceptors (Lipinski definition) is 7. The molecule has 0 radical (unpaired) electrons. The molecule has 39 heavy (non-hydrogen) atoms. The fourth-order valence-corrected chi connectivity index (χ4v) is 4.67. The molecule has 2 heterocycles. The third-order valence-corrected chi connectivity index (χ3v) is 6.46. The Morgan fingerprint density at radius 2 is 1.49 bits per heavy atom. The summed E-state index contributed by atoms with van der Waals surface area (Å²) < 4.78 is 17.0. The SMILES string of the molecule is COc1cccc(OC)c1/C(O)=C1\C(=O)C(=O)N(Cc2ccncc2)C1c1cccc(Oc2ccccc2)c1. The van der Waals surface area contributed by atoms with E-state index in [4.69, 9.17) is 14.2 Å². The number of aliphatic hydroxyl groups excluding tert-OH is 1. The lowest BCUT2D eigenvalue weighted by atomic mass is 9.94. The third-order valence-electron chi connectivity index (χ3n) is 6.46. The molecule has 1 N–H and O–H groups in total. The Morgan fingerprint density at radius 1 is 0.846 bits per heavy atom. The molecule has 1 atom stereocenters. The van der Waals surface area contributed by atoms with Crippen molar-refractivity contribution >= 4 is 17.4 Å². The van der Waals surface area contributed by atoms with Gasteiger partial charge in [0.05, 0.1) is 25.8 Å². The van der Waals surface area contributed by atoms with E-state index in [0.29, 0.717) is 28.6 Å². The van der Waals surface area contributed by atoms with Gasteiger partial charge in [-0.05, 0) is 59.7 Å². The molecule has 5 rings (SSSR count). The number of nitrogens with zero attached hydrogens (tertiary/aromatic N) is 2. The average molecular weight is 523 g/mol. The van der Waals surface area contributed by atoms with Gasteiger partial charge in [-0.25, -0.2) is 0 Å². The third kappa shape index (κ3) is 5.04. The maximum absolute atomic E-state index is 13.5. The molecule has 4 aromatic rings. The van der Waals surface area contributed by atoms with Crippen LogP contribution in [0, 0.1) is 0 Å². The molecule has 1 saturated heterocycles. The Kier molecular flexibility index (Phi) is 7.27. The Bertz CT molecular complexity index is 1510. The molecule has 3 aromatic carbocycles. The van der Waals surface area contributed by atoms with E-state index < -0.39 is 17.7 Å². The minimum Gasteiger partial charge on any atom is -0.506 e. The average Bonchev–Trinajstić information content (AvgIpc) is 3.22. The van der Waals surface area contributed by atoms with Crippen LogP contribution in [-0.2, 0) is 16.1 Å². The second-order valence-electron chi connectivity index (χ2n) is 8.81. The van der Waals surface area contributed by atoms with E-state index in [2.05, 4.69) is 4.98 Å². The predicted octanol–water partition coefficient (Wildman–Crippen LogP) is 5.51. The summed E-state index contributed by atoms with van der Waals surface area (Å²) in [4.78, 5) is 32.5. The number of ether oxygens (including phenoxy) is 3. The molecule has 8 heteroatoms. The van der Waals surface area contributed by atoms with Crippen LogP contribution in [0.25, 0.3) is 5.76 Å². The first kappa shape index (κ1) is 25.5. The summed E-state index contributed by atoms with van der Waals surface area (Å²) in [5.41, 5.74) is 1.48. The number of ketones is 1. The zero-order valence-corrected chi connectivity index (χ0v) is 21.4. The van der Waals surface area contributed by atoms with Crippen molar-refractivity contribution in [2.24, 2.45) is 0 Å². The summed E-state index contributed by atoms with van der Waals surface area (Å²) in [7, 11) is 2.91. The van der Waals surface area contributed by atoms with Gasteiger partial charge in [-0.15, -0.1) is 0 Å². The summed E-state index contributed by atoms with van der Waals surface area (Å²) in [5.74, 6) is -0.184. The molecule has 1 aromatic heterocycles. The number of benzene rings is 3. The van der Waals surface area contributed by atoms with Crippen molar-refractivity contribution in [3.63, 3.8) is 0 Å². The second kappa shape index (κ2) is 11.1. The van der Waals surface area contributed by atoms with E-state index in [-0.39, 0.29) is 23.4 Å². The van der Waals surface area contributed by atoms with Crippen LogP contribution in [-0.4, -0.2) is 40.9 Å². The van der Waals surface area contributed by atoms with E-state index in [1.165, 1.54) is 19.1 Å². The number of methoxy groups -OCH3 is 2. The molecule has 1 unspecified atom stereocenters. The van der Waals surface area contributed by atoms with Crippen molar-refractivity contribution in [1.29, 1.82) is 0 Å². The van der Waals surface area contributed by atoms with Crippen LogP contribution in [0.2, 0.25) is 0 Å². The summed E-state index contributed by atoms with van der Waals surface area (Å²) >= 11 is 0. The molecule has 8 nitrogen and oxygen atoms in total. The topological polar surface area (TPSA) is 98.2 Å². The highest BCUT2D eigenvalue weighted by atomic mass is 16.5. The smallest absolute Gasteiger partial charge is 0.295 e. The van der Waals surface area contributed by atoms with Crippen molar-refractivity contribution in [1.82, 2.24) is 9.88 Å². The van der Waals surface area contributed by atoms with Gasteiger partial charge in [0.15, 0.2) is 0 Å². The zero-order valence-electron chi connectivity index (χ0n) is 21.4. The number of carbonyl (C=O) groups excluding carboxylic acids is 2. The van der Waals surface area contributed by atoms with Crippen LogP contribution in [0.1, 0.15) is 22.7 Å². The molecule has 0 spiro atoms. The fraction of sp³-hybridized carbons (Fsp3) is 0.129.